The van der Waals surface area contributed by atoms with Gasteiger partial charge < -0.3 is 4.57 Å². The van der Waals surface area contributed by atoms with Crippen LogP contribution in [0.2, 0.25) is 0 Å². The van der Waals surface area contributed by atoms with E-state index < -0.39 is 0 Å². The maximum atomic E-state index is 5.23. The summed E-state index contributed by atoms with van der Waals surface area (Å²) in [5.41, 5.74) is 15.7. The number of para-hydroxylation sites is 1. The number of benzene rings is 9. The number of rotatable bonds is 5. The fourth-order valence-corrected chi connectivity index (χ4v) is 11.3. The van der Waals surface area contributed by atoms with E-state index in [0.29, 0.717) is 11.6 Å². The van der Waals surface area contributed by atoms with Crippen LogP contribution in [0, 0.1) is 0 Å². The molecule has 9 aromatic carbocycles. The topological polar surface area (TPSA) is 43.6 Å². The SMILES string of the molecule is c1ccc(-c2nc(-c3ccccc3)nc(C3CCc4ccc(-c5ccc6c(c5)c5c7cccc8c7c(cc5n6-c5ccccc5)-c5ccccc5S8)cc4-c4ccccc43)n2)cc1. The van der Waals surface area contributed by atoms with Gasteiger partial charge >= 0.3 is 0 Å². The van der Waals surface area contributed by atoms with Gasteiger partial charge in [-0.25, -0.2) is 15.0 Å². The van der Waals surface area contributed by atoms with E-state index in [1.54, 1.807) is 0 Å². The van der Waals surface area contributed by atoms with Crippen LogP contribution in [-0.2, 0) is 6.42 Å². The number of nitrogens with zero attached hydrogens (tertiary/aromatic N) is 4. The number of aryl methyl sites for hydroxylation is 1. The number of aromatic nitrogens is 4. The van der Waals surface area contributed by atoms with Crippen molar-refractivity contribution in [2.24, 2.45) is 0 Å². The summed E-state index contributed by atoms with van der Waals surface area (Å²) in [5, 5.41) is 5.19. The van der Waals surface area contributed by atoms with Crippen LogP contribution in [0.5, 0.6) is 0 Å². The van der Waals surface area contributed by atoms with E-state index in [1.807, 2.05) is 48.2 Å². The highest BCUT2D eigenvalue weighted by Gasteiger charge is 2.28. The molecule has 4 nitrogen and oxygen atoms in total. The van der Waals surface area contributed by atoms with Crippen LogP contribution in [-0.4, -0.2) is 19.5 Å². The van der Waals surface area contributed by atoms with Crippen LogP contribution in [0.25, 0.3) is 94.4 Å². The van der Waals surface area contributed by atoms with Crippen molar-refractivity contribution in [2.45, 2.75) is 28.6 Å². The van der Waals surface area contributed by atoms with Gasteiger partial charge in [-0.1, -0.05) is 163 Å². The summed E-state index contributed by atoms with van der Waals surface area (Å²) in [6, 6.07) is 72.6. The predicted molar refractivity (Wildman–Crippen MR) is 260 cm³/mol. The van der Waals surface area contributed by atoms with E-state index in [0.717, 1.165) is 35.5 Å². The van der Waals surface area contributed by atoms with E-state index >= 15 is 0 Å². The molecule has 13 rings (SSSR count). The highest BCUT2D eigenvalue weighted by Crippen LogP contribution is 2.52. The molecule has 5 heteroatoms. The van der Waals surface area contributed by atoms with Crippen molar-refractivity contribution in [1.82, 2.24) is 19.5 Å². The maximum absolute atomic E-state index is 5.23. The molecular weight excluding hydrogens is 785 g/mol. The van der Waals surface area contributed by atoms with E-state index in [2.05, 4.69) is 168 Å². The first-order valence-electron chi connectivity index (χ1n) is 21.7. The largest absolute Gasteiger partial charge is 0.309 e. The van der Waals surface area contributed by atoms with Gasteiger partial charge in [0.2, 0.25) is 0 Å². The van der Waals surface area contributed by atoms with Crippen LogP contribution >= 0.6 is 11.8 Å². The van der Waals surface area contributed by atoms with E-state index in [4.69, 9.17) is 15.0 Å². The first-order chi connectivity index (χ1) is 31.2. The van der Waals surface area contributed by atoms with Gasteiger partial charge in [0.25, 0.3) is 0 Å². The molecule has 0 saturated carbocycles. The Morgan fingerprint density at radius 3 is 1.86 bits per heavy atom. The minimum absolute atomic E-state index is 0.00882. The molecule has 0 fully saturated rings. The zero-order valence-electron chi connectivity index (χ0n) is 34.2. The lowest BCUT2D eigenvalue weighted by Gasteiger charge is -2.21. The van der Waals surface area contributed by atoms with Gasteiger partial charge in [0.1, 0.15) is 5.82 Å². The lowest BCUT2D eigenvalue weighted by atomic mass is 9.89. The Balaban J connectivity index is 0.975. The molecule has 1 aliphatic heterocycles. The molecule has 1 atom stereocenters. The van der Waals surface area contributed by atoms with Crippen molar-refractivity contribution in [3.05, 3.63) is 217 Å². The molecule has 2 aromatic heterocycles. The Labute approximate surface area is 369 Å². The molecule has 63 heavy (non-hydrogen) atoms. The summed E-state index contributed by atoms with van der Waals surface area (Å²) in [6.45, 7) is 0. The lowest BCUT2D eigenvalue weighted by Crippen LogP contribution is -2.10. The normalized spacial score (nSPS) is 14.0. The van der Waals surface area contributed by atoms with Gasteiger partial charge in [-0.15, -0.1) is 0 Å². The Morgan fingerprint density at radius 1 is 0.429 bits per heavy atom. The van der Waals surface area contributed by atoms with Crippen LogP contribution in [0.4, 0.5) is 0 Å². The molecule has 0 amide bonds. The third-order valence-electron chi connectivity index (χ3n) is 13.1. The summed E-state index contributed by atoms with van der Waals surface area (Å²) >= 11 is 1.88. The Hall–Kier alpha value is -7.60. The molecule has 3 heterocycles. The van der Waals surface area contributed by atoms with Crippen LogP contribution in [0.15, 0.2) is 210 Å². The Bertz CT molecular complexity index is 3540. The van der Waals surface area contributed by atoms with Crippen molar-refractivity contribution >= 4 is 44.3 Å². The molecule has 0 radical (unpaired) electrons. The second kappa shape index (κ2) is 14.5. The Morgan fingerprint density at radius 2 is 1.08 bits per heavy atom. The molecule has 296 valence electrons. The van der Waals surface area contributed by atoms with Gasteiger partial charge in [-0.05, 0) is 111 Å². The molecule has 11 aromatic rings. The third kappa shape index (κ3) is 5.88. The highest BCUT2D eigenvalue weighted by atomic mass is 32.2. The fraction of sp³-hybridized carbons (Fsp3) is 0.0517. The second-order valence-electron chi connectivity index (χ2n) is 16.6. The first-order valence-corrected chi connectivity index (χ1v) is 22.5. The molecule has 1 unspecified atom stereocenters. The lowest BCUT2D eigenvalue weighted by molar-refractivity contribution is 0.677. The average molecular weight is 823 g/mol. The summed E-state index contributed by atoms with van der Waals surface area (Å²) in [6.07, 6.45) is 1.80. The van der Waals surface area contributed by atoms with E-state index in [1.165, 1.54) is 86.9 Å². The molecule has 1 aliphatic carbocycles. The van der Waals surface area contributed by atoms with Gasteiger partial charge in [0, 0.05) is 48.7 Å². The zero-order chi connectivity index (χ0) is 41.4. The second-order valence-corrected chi connectivity index (χ2v) is 17.7. The number of fused-ring (bicyclic) bond motifs is 9. The van der Waals surface area contributed by atoms with Crippen molar-refractivity contribution in [2.75, 3.05) is 0 Å². The third-order valence-corrected chi connectivity index (χ3v) is 14.2. The van der Waals surface area contributed by atoms with Crippen LogP contribution in [0.3, 0.4) is 0 Å². The van der Waals surface area contributed by atoms with Crippen LogP contribution < -0.4 is 0 Å². The molecular formula is C58H38N4S. The van der Waals surface area contributed by atoms with Gasteiger partial charge in [-0.2, -0.15) is 0 Å². The molecule has 2 aliphatic rings. The quantitative estimate of drug-likeness (QED) is 0.173. The maximum Gasteiger partial charge on any atom is 0.163 e. The van der Waals surface area contributed by atoms with Gasteiger partial charge in [0.15, 0.2) is 11.6 Å². The Kier molecular flexibility index (Phi) is 8.31. The van der Waals surface area contributed by atoms with E-state index in [9.17, 15) is 0 Å². The number of hydrogen-bond acceptors (Lipinski definition) is 4. The van der Waals surface area contributed by atoms with Crippen molar-refractivity contribution in [3.8, 4) is 61.8 Å². The summed E-state index contributed by atoms with van der Waals surface area (Å²) in [4.78, 5) is 18.1. The summed E-state index contributed by atoms with van der Waals surface area (Å²) < 4.78 is 2.46. The molecule has 0 bridgehead atoms. The monoisotopic (exact) mass is 822 g/mol. The summed E-state index contributed by atoms with van der Waals surface area (Å²) in [5.74, 6) is 2.20. The first kappa shape index (κ1) is 36.1. The molecule has 0 saturated heterocycles. The van der Waals surface area contributed by atoms with Crippen LogP contribution in [0.1, 0.15) is 29.3 Å². The van der Waals surface area contributed by atoms with Crippen molar-refractivity contribution < 1.29 is 0 Å². The molecule has 0 N–H and O–H groups in total. The molecule has 0 spiro atoms. The highest BCUT2D eigenvalue weighted by molar-refractivity contribution is 7.99. The predicted octanol–water partition coefficient (Wildman–Crippen LogP) is 15.0. The zero-order valence-corrected chi connectivity index (χ0v) is 35.1. The standard InChI is InChI=1S/C58H38N4S/c1-4-15-37(16-5-1)56-59-57(38-17-6-2-7-18-38)61-58(60-56)45-31-29-36-27-28-39(33-47(36)43-22-11-10-21-42(43)45)40-30-32-50-49(34-40)54-46-24-14-26-53-55(46)48(44-23-12-13-25-52(44)63-53)35-51(54)62(50)41-19-8-3-9-20-41/h1-28,30,32-35,45H,29,31H2. The van der Waals surface area contributed by atoms with Crippen molar-refractivity contribution in [3.63, 3.8) is 0 Å². The summed E-state index contributed by atoms with van der Waals surface area (Å²) in [7, 11) is 0. The fourth-order valence-electron chi connectivity index (χ4n) is 10.2. The average Bonchev–Trinajstić information content (AvgIpc) is 3.59. The smallest absolute Gasteiger partial charge is 0.163 e. The minimum Gasteiger partial charge on any atom is -0.309 e. The van der Waals surface area contributed by atoms with E-state index in [-0.39, 0.29) is 5.92 Å². The minimum atomic E-state index is -0.00882. The van der Waals surface area contributed by atoms with Gasteiger partial charge in [0.05, 0.1) is 11.0 Å². The van der Waals surface area contributed by atoms with Crippen molar-refractivity contribution in [1.29, 1.82) is 0 Å². The number of hydrogen-bond donors (Lipinski definition) is 0. The van der Waals surface area contributed by atoms with Gasteiger partial charge in [-0.3, -0.25) is 0 Å².